The van der Waals surface area contributed by atoms with Crippen molar-refractivity contribution in [3.8, 4) is 0 Å². The van der Waals surface area contributed by atoms with Crippen LogP contribution in [0.5, 0.6) is 0 Å². The number of amidine groups is 1. The number of nitrogens with one attached hydrogen (secondary N) is 1. The first-order valence-corrected chi connectivity index (χ1v) is 11.5. The van der Waals surface area contributed by atoms with Gasteiger partial charge in [-0.15, -0.1) is 0 Å². The molecular formula is C23H26FN3O4S. The molecule has 0 spiro atoms. The van der Waals surface area contributed by atoms with Crippen molar-refractivity contribution in [1.82, 2.24) is 10.2 Å². The molecule has 1 fully saturated rings. The highest BCUT2D eigenvalue weighted by Gasteiger charge is 2.41. The average Bonchev–Trinajstić information content (AvgIpc) is 3.52. The Morgan fingerprint density at radius 1 is 1.31 bits per heavy atom. The molecule has 1 aromatic carbocycles. The number of ether oxygens (including phenoxy) is 2. The number of halogens is 1. The molecule has 1 unspecified atom stereocenters. The van der Waals surface area contributed by atoms with Crippen LogP contribution in [0.2, 0.25) is 0 Å². The van der Waals surface area contributed by atoms with Crippen molar-refractivity contribution >= 4 is 28.8 Å². The van der Waals surface area contributed by atoms with Crippen molar-refractivity contribution < 1.29 is 23.5 Å². The first-order valence-electron chi connectivity index (χ1n) is 10.6. The van der Waals surface area contributed by atoms with Gasteiger partial charge in [-0.1, -0.05) is 23.9 Å². The molecule has 7 nitrogen and oxygen atoms in total. The highest BCUT2D eigenvalue weighted by atomic mass is 32.2. The lowest BCUT2D eigenvalue weighted by Crippen LogP contribution is -2.38. The topological polar surface area (TPSA) is 80.2 Å². The Morgan fingerprint density at radius 2 is 2.12 bits per heavy atom. The van der Waals surface area contributed by atoms with Crippen molar-refractivity contribution in [3.63, 3.8) is 0 Å². The van der Waals surface area contributed by atoms with Crippen molar-refractivity contribution in [2.24, 2.45) is 10.9 Å². The Labute approximate surface area is 190 Å². The molecule has 1 amide bonds. The van der Waals surface area contributed by atoms with E-state index in [0.717, 1.165) is 12.8 Å². The van der Waals surface area contributed by atoms with E-state index in [1.807, 2.05) is 10.3 Å². The number of hydrogen-bond acceptors (Lipinski definition) is 7. The Balaban J connectivity index is 1.63. The Bertz CT molecular complexity index is 1000. The van der Waals surface area contributed by atoms with E-state index < -0.39 is 17.8 Å². The molecule has 2 heterocycles. The number of fused-ring (bicyclic) bond motifs is 1. The molecule has 0 bridgehead atoms. The molecular weight excluding hydrogens is 433 g/mol. The SMILES string of the molecule is COCCOC(=O)C1=C(C)N=C2SC=C(CC(=O)NCC3CC3)N2C1c1cccc(F)c1. The number of amides is 1. The number of rotatable bonds is 9. The third kappa shape index (κ3) is 5.05. The van der Waals surface area contributed by atoms with Crippen LogP contribution in [-0.2, 0) is 19.1 Å². The number of benzene rings is 1. The predicted octanol–water partition coefficient (Wildman–Crippen LogP) is 3.51. The quantitative estimate of drug-likeness (QED) is 0.450. The zero-order valence-electron chi connectivity index (χ0n) is 18.1. The maximum atomic E-state index is 14.1. The summed E-state index contributed by atoms with van der Waals surface area (Å²) in [6.45, 7) is 2.79. The van der Waals surface area contributed by atoms with E-state index in [0.29, 0.717) is 40.2 Å². The molecule has 170 valence electrons. The smallest absolute Gasteiger partial charge is 0.338 e. The Morgan fingerprint density at radius 3 is 2.84 bits per heavy atom. The molecule has 3 aliphatic rings. The first-order chi connectivity index (χ1) is 15.5. The van der Waals surface area contributed by atoms with Gasteiger partial charge in [0.2, 0.25) is 5.91 Å². The summed E-state index contributed by atoms with van der Waals surface area (Å²) in [5.41, 5.74) is 2.13. The predicted molar refractivity (Wildman–Crippen MR) is 120 cm³/mol. The van der Waals surface area contributed by atoms with Gasteiger partial charge >= 0.3 is 5.97 Å². The minimum Gasteiger partial charge on any atom is -0.460 e. The fourth-order valence-corrected chi connectivity index (χ4v) is 4.69. The largest absolute Gasteiger partial charge is 0.460 e. The molecule has 1 N–H and O–H groups in total. The summed E-state index contributed by atoms with van der Waals surface area (Å²) in [7, 11) is 1.53. The molecule has 9 heteroatoms. The third-order valence-electron chi connectivity index (χ3n) is 5.53. The van der Waals surface area contributed by atoms with Crippen LogP contribution in [0.3, 0.4) is 0 Å². The van der Waals surface area contributed by atoms with Crippen molar-refractivity contribution in [2.45, 2.75) is 32.2 Å². The number of aliphatic imine (C=N–C) groups is 1. The zero-order chi connectivity index (χ0) is 22.7. The van der Waals surface area contributed by atoms with Crippen LogP contribution in [0.25, 0.3) is 0 Å². The minimum atomic E-state index is -0.647. The van der Waals surface area contributed by atoms with E-state index in [-0.39, 0.29) is 25.5 Å². The van der Waals surface area contributed by atoms with E-state index in [1.165, 1.54) is 31.0 Å². The number of hydrogen-bond donors (Lipinski definition) is 1. The lowest BCUT2D eigenvalue weighted by Gasteiger charge is -2.36. The van der Waals surface area contributed by atoms with Gasteiger partial charge in [0.1, 0.15) is 12.4 Å². The highest BCUT2D eigenvalue weighted by molar-refractivity contribution is 8.16. The second-order valence-electron chi connectivity index (χ2n) is 8.00. The summed E-state index contributed by atoms with van der Waals surface area (Å²) in [5, 5.41) is 5.49. The lowest BCUT2D eigenvalue weighted by atomic mass is 9.93. The number of allylic oxidation sites excluding steroid dienone is 1. The molecule has 0 saturated heterocycles. The number of nitrogens with zero attached hydrogens (tertiary/aromatic N) is 2. The van der Waals surface area contributed by atoms with Gasteiger partial charge in [-0.05, 0) is 48.8 Å². The third-order valence-corrected chi connectivity index (χ3v) is 6.42. The van der Waals surface area contributed by atoms with Gasteiger partial charge in [-0.2, -0.15) is 0 Å². The number of carbonyl (C=O) groups is 2. The normalized spacial score (nSPS) is 20.0. The highest BCUT2D eigenvalue weighted by Crippen LogP contribution is 2.44. The summed E-state index contributed by atoms with van der Waals surface area (Å²) >= 11 is 1.39. The van der Waals surface area contributed by atoms with Crippen molar-refractivity contribution in [2.75, 3.05) is 26.9 Å². The zero-order valence-corrected chi connectivity index (χ0v) is 18.9. The Kier molecular flexibility index (Phi) is 6.95. The molecule has 1 saturated carbocycles. The van der Waals surface area contributed by atoms with Gasteiger partial charge in [0, 0.05) is 19.4 Å². The van der Waals surface area contributed by atoms with Crippen LogP contribution >= 0.6 is 11.8 Å². The average molecular weight is 460 g/mol. The second-order valence-corrected chi connectivity index (χ2v) is 8.84. The van der Waals surface area contributed by atoms with Gasteiger partial charge in [0.05, 0.1) is 30.3 Å². The van der Waals surface area contributed by atoms with E-state index in [4.69, 9.17) is 9.47 Å². The van der Waals surface area contributed by atoms with Gasteiger partial charge < -0.3 is 19.7 Å². The number of carbonyl (C=O) groups excluding carboxylic acids is 2. The van der Waals surface area contributed by atoms with Crippen LogP contribution in [-0.4, -0.2) is 48.8 Å². The molecule has 4 rings (SSSR count). The van der Waals surface area contributed by atoms with Gasteiger partial charge in [-0.3, -0.25) is 4.79 Å². The fourth-order valence-electron chi connectivity index (χ4n) is 3.73. The summed E-state index contributed by atoms with van der Waals surface area (Å²) in [6.07, 6.45) is 2.46. The van der Waals surface area contributed by atoms with E-state index in [1.54, 1.807) is 19.1 Å². The van der Waals surface area contributed by atoms with E-state index in [2.05, 4.69) is 10.3 Å². The van der Waals surface area contributed by atoms with Gasteiger partial charge in [0.15, 0.2) is 5.17 Å². The fraction of sp³-hybridized carbons (Fsp3) is 0.435. The summed E-state index contributed by atoms with van der Waals surface area (Å²) < 4.78 is 24.5. The summed E-state index contributed by atoms with van der Waals surface area (Å²) in [5.74, 6) is -0.447. The maximum Gasteiger partial charge on any atom is 0.338 e. The Hall–Kier alpha value is -2.65. The standard InChI is InChI=1S/C23H26FN3O4S/c1-14-20(22(29)31-9-8-30-2)21(16-4-3-5-17(24)10-16)27-18(13-32-23(27)26-14)11-19(28)25-12-15-6-7-15/h3-5,10,13,15,21H,6-9,11-12H2,1-2H3,(H,25,28). The minimum absolute atomic E-state index is 0.0847. The number of esters is 1. The van der Waals surface area contributed by atoms with Crippen molar-refractivity contribution in [1.29, 1.82) is 0 Å². The van der Waals surface area contributed by atoms with Crippen LogP contribution in [0.15, 0.2) is 51.6 Å². The maximum absolute atomic E-state index is 14.1. The summed E-state index contributed by atoms with van der Waals surface area (Å²) in [4.78, 5) is 32.0. The molecule has 2 aliphatic heterocycles. The van der Waals surface area contributed by atoms with Gasteiger partial charge in [-0.25, -0.2) is 14.2 Å². The number of thioether (sulfide) groups is 1. The van der Waals surface area contributed by atoms with E-state index >= 15 is 0 Å². The summed E-state index contributed by atoms with van der Waals surface area (Å²) in [6, 6.07) is 5.48. The monoisotopic (exact) mass is 459 g/mol. The molecule has 1 aliphatic carbocycles. The molecule has 1 aromatic rings. The second kappa shape index (κ2) is 9.87. The first kappa shape index (κ1) is 22.5. The van der Waals surface area contributed by atoms with Crippen molar-refractivity contribution in [3.05, 3.63) is 58.0 Å². The molecule has 1 atom stereocenters. The van der Waals surface area contributed by atoms with Crippen LogP contribution in [0, 0.1) is 11.7 Å². The van der Waals surface area contributed by atoms with E-state index in [9.17, 15) is 14.0 Å². The van der Waals surface area contributed by atoms with Gasteiger partial charge in [0.25, 0.3) is 0 Å². The molecule has 0 radical (unpaired) electrons. The van der Waals surface area contributed by atoms with Crippen LogP contribution in [0.4, 0.5) is 4.39 Å². The van der Waals surface area contributed by atoms with Crippen LogP contribution < -0.4 is 5.32 Å². The number of methoxy groups -OCH3 is 1. The lowest BCUT2D eigenvalue weighted by molar-refractivity contribution is -0.141. The molecule has 0 aromatic heterocycles. The van der Waals surface area contributed by atoms with Crippen LogP contribution in [0.1, 0.15) is 37.8 Å². The molecule has 32 heavy (non-hydrogen) atoms.